The molecule has 10 heteroatoms. The van der Waals surface area contributed by atoms with Crippen molar-refractivity contribution in [3.63, 3.8) is 0 Å². The van der Waals surface area contributed by atoms with Crippen molar-refractivity contribution in [2.75, 3.05) is 32.9 Å². The van der Waals surface area contributed by atoms with E-state index in [1.165, 1.54) is 0 Å². The van der Waals surface area contributed by atoms with Crippen LogP contribution in [-0.2, 0) is 21.5 Å². The second kappa shape index (κ2) is 12.7. The molecule has 152 valence electrons. The molecule has 0 saturated heterocycles. The molecule has 0 spiro atoms. The van der Waals surface area contributed by atoms with Gasteiger partial charge in [0.05, 0.1) is 0 Å². The first-order valence-corrected chi connectivity index (χ1v) is 16.7. The van der Waals surface area contributed by atoms with Crippen LogP contribution in [0.2, 0.25) is 31.7 Å². The van der Waals surface area contributed by atoms with Crippen molar-refractivity contribution in [1.29, 1.82) is 0 Å². The fourth-order valence-electron chi connectivity index (χ4n) is 2.85. The Labute approximate surface area is 157 Å². The van der Waals surface area contributed by atoms with Gasteiger partial charge in [0, 0.05) is 25.9 Å². The molecule has 1 unspecified atom stereocenters. The van der Waals surface area contributed by atoms with Crippen molar-refractivity contribution in [2.45, 2.75) is 65.3 Å². The van der Waals surface area contributed by atoms with E-state index in [9.17, 15) is 0 Å². The highest BCUT2D eigenvalue weighted by atomic mass is 28.5. The first-order chi connectivity index (χ1) is 11.7. The minimum absolute atomic E-state index is 0.550. The Kier molecular flexibility index (Phi) is 12.9. The van der Waals surface area contributed by atoms with Gasteiger partial charge in [0.2, 0.25) is 0 Å². The predicted octanol–water partition coefficient (Wildman–Crippen LogP) is 2.54. The first kappa shape index (κ1) is 25.4. The summed E-state index contributed by atoms with van der Waals surface area (Å²) in [5.41, 5.74) is 11.4. The third-order valence-corrected chi connectivity index (χ3v) is 15.1. The van der Waals surface area contributed by atoms with Gasteiger partial charge in [-0.2, -0.15) is 0 Å². The first-order valence-electron chi connectivity index (χ1n) is 9.44. The number of hydrogen-bond donors (Lipinski definition) is 2. The van der Waals surface area contributed by atoms with Crippen molar-refractivity contribution in [2.24, 2.45) is 11.5 Å². The van der Waals surface area contributed by atoms with Crippen LogP contribution in [0.1, 0.15) is 33.6 Å². The smallest absolute Gasteiger partial charge is 0.415 e. The molecular formula is C15H40N2O5Si3. The molecule has 0 aromatic heterocycles. The maximum atomic E-state index is 6.52. The summed E-state index contributed by atoms with van der Waals surface area (Å²) in [4.78, 5) is 0. The van der Waals surface area contributed by atoms with Crippen LogP contribution < -0.4 is 11.5 Å². The Balaban J connectivity index is 5.25. The zero-order valence-corrected chi connectivity index (χ0v) is 20.1. The van der Waals surface area contributed by atoms with Gasteiger partial charge in [0.15, 0.2) is 0 Å². The molecule has 25 heavy (non-hydrogen) atoms. The summed E-state index contributed by atoms with van der Waals surface area (Å²) < 4.78 is 31.1. The summed E-state index contributed by atoms with van der Waals surface area (Å²) >= 11 is 0. The van der Waals surface area contributed by atoms with Gasteiger partial charge in [-0.05, 0) is 72.4 Å². The number of nitrogens with two attached hydrogens (primary N) is 2. The van der Waals surface area contributed by atoms with Crippen LogP contribution in [0.15, 0.2) is 0 Å². The summed E-state index contributed by atoms with van der Waals surface area (Å²) in [5, 5.41) is 0. The van der Waals surface area contributed by atoms with Crippen molar-refractivity contribution in [1.82, 2.24) is 0 Å². The topological polar surface area (TPSA) is 98.2 Å². The van der Waals surface area contributed by atoms with Gasteiger partial charge in [-0.3, -0.25) is 0 Å². The van der Waals surface area contributed by atoms with Gasteiger partial charge in [-0.15, -0.1) is 0 Å². The molecule has 1 atom stereocenters. The van der Waals surface area contributed by atoms with Gasteiger partial charge in [0.1, 0.15) is 0 Å². The summed E-state index contributed by atoms with van der Waals surface area (Å²) in [6.45, 7) is 15.0. The summed E-state index contributed by atoms with van der Waals surface area (Å²) in [7, 11) is -7.67. The van der Waals surface area contributed by atoms with E-state index in [2.05, 4.69) is 6.55 Å². The van der Waals surface area contributed by atoms with Crippen LogP contribution >= 0.6 is 0 Å². The van der Waals surface area contributed by atoms with Crippen molar-refractivity contribution in [3.8, 4) is 0 Å². The standard InChI is InChI=1S/C15H40N2O5Si3/c1-7-18-24(6,14-10-12-16)21-23(4,5)22-25(19-8-2,20-9-3)15-11-13-17/h7-17H2,1-6H3. The molecule has 0 amide bonds. The van der Waals surface area contributed by atoms with E-state index >= 15 is 0 Å². The van der Waals surface area contributed by atoms with Crippen LogP contribution in [-0.4, -0.2) is 58.8 Å². The second-order valence-corrected chi connectivity index (χ2v) is 16.4. The Morgan fingerprint density at radius 2 is 1.16 bits per heavy atom. The Hall–Kier alpha value is 0.371. The van der Waals surface area contributed by atoms with E-state index in [0.29, 0.717) is 39.0 Å². The predicted molar refractivity (Wildman–Crippen MR) is 109 cm³/mol. The molecular weight excluding hydrogens is 372 g/mol. The third-order valence-electron chi connectivity index (χ3n) is 3.56. The van der Waals surface area contributed by atoms with E-state index < -0.39 is 25.9 Å². The molecule has 7 nitrogen and oxygen atoms in total. The lowest BCUT2D eigenvalue weighted by molar-refractivity contribution is 0.102. The lowest BCUT2D eigenvalue weighted by atomic mass is 10.5. The molecule has 0 aromatic carbocycles. The fourth-order valence-corrected chi connectivity index (χ4v) is 15.6. The summed E-state index contributed by atoms with van der Waals surface area (Å²) in [6.07, 6.45) is 1.70. The van der Waals surface area contributed by atoms with Gasteiger partial charge >= 0.3 is 25.9 Å². The highest BCUT2D eigenvalue weighted by Crippen LogP contribution is 2.28. The average Bonchev–Trinajstić information content (AvgIpc) is 2.50. The van der Waals surface area contributed by atoms with Crippen LogP contribution in [0, 0.1) is 0 Å². The quantitative estimate of drug-likeness (QED) is 0.376. The van der Waals surface area contributed by atoms with E-state index in [4.69, 9.17) is 33.0 Å². The molecule has 0 aliphatic carbocycles. The normalized spacial score (nSPS) is 15.4. The largest absolute Gasteiger partial charge is 0.492 e. The monoisotopic (exact) mass is 412 g/mol. The molecule has 0 aromatic rings. The zero-order valence-electron chi connectivity index (χ0n) is 17.1. The minimum atomic E-state index is -2.81. The molecule has 0 rings (SSSR count). The highest BCUT2D eigenvalue weighted by Gasteiger charge is 2.49. The summed E-state index contributed by atoms with van der Waals surface area (Å²) in [6, 6.07) is 1.57. The number of hydrogen-bond acceptors (Lipinski definition) is 7. The van der Waals surface area contributed by atoms with Crippen LogP contribution in [0.3, 0.4) is 0 Å². The molecule has 0 heterocycles. The SMILES string of the molecule is CCO[Si](C)(CCCN)O[Si](C)(C)O[Si](CCCN)(OCC)OCC. The van der Waals surface area contributed by atoms with Crippen molar-refractivity contribution in [3.05, 3.63) is 0 Å². The highest BCUT2D eigenvalue weighted by molar-refractivity contribution is 6.84. The van der Waals surface area contributed by atoms with E-state index in [1.54, 1.807) is 0 Å². The Morgan fingerprint density at radius 3 is 1.60 bits per heavy atom. The van der Waals surface area contributed by atoms with Gasteiger partial charge in [-0.1, -0.05) is 0 Å². The van der Waals surface area contributed by atoms with Gasteiger partial charge in [-0.25, -0.2) is 0 Å². The lowest BCUT2D eigenvalue weighted by Crippen LogP contribution is -2.59. The molecule has 0 fully saturated rings. The van der Waals surface area contributed by atoms with E-state index in [-0.39, 0.29) is 0 Å². The number of rotatable bonds is 16. The lowest BCUT2D eigenvalue weighted by Gasteiger charge is -2.40. The molecule has 0 aliphatic heterocycles. The molecule has 4 N–H and O–H groups in total. The molecule has 0 bridgehead atoms. The minimum Gasteiger partial charge on any atom is -0.415 e. The second-order valence-electron chi connectivity index (χ2n) is 6.50. The van der Waals surface area contributed by atoms with Gasteiger partial charge < -0.3 is 33.0 Å². The Bertz CT molecular complexity index is 347. The van der Waals surface area contributed by atoms with Crippen LogP contribution in [0.5, 0.6) is 0 Å². The maximum Gasteiger partial charge on any atom is 0.492 e. The Morgan fingerprint density at radius 1 is 0.680 bits per heavy atom. The molecule has 0 aliphatic rings. The van der Waals surface area contributed by atoms with Crippen molar-refractivity contribution >= 4 is 25.9 Å². The average molecular weight is 413 g/mol. The fraction of sp³-hybridized carbons (Fsp3) is 1.00. The maximum absolute atomic E-state index is 6.52. The van der Waals surface area contributed by atoms with Crippen molar-refractivity contribution < 1.29 is 21.5 Å². The van der Waals surface area contributed by atoms with E-state index in [1.807, 2.05) is 33.9 Å². The van der Waals surface area contributed by atoms with Crippen LogP contribution in [0.25, 0.3) is 0 Å². The van der Waals surface area contributed by atoms with Crippen LogP contribution in [0.4, 0.5) is 0 Å². The zero-order chi connectivity index (χ0) is 19.4. The molecule has 0 saturated carbocycles. The summed E-state index contributed by atoms with van der Waals surface area (Å²) in [5.74, 6) is 0. The van der Waals surface area contributed by atoms with E-state index in [0.717, 1.165) is 18.9 Å². The molecule has 0 radical (unpaired) electrons. The van der Waals surface area contributed by atoms with Gasteiger partial charge in [0.25, 0.3) is 0 Å². The third kappa shape index (κ3) is 10.3.